The van der Waals surface area contributed by atoms with Crippen LogP contribution in [-0.2, 0) is 14.4 Å². The smallest absolute Gasteiger partial charge is 0.303 e. The van der Waals surface area contributed by atoms with Crippen molar-refractivity contribution in [1.82, 2.24) is 4.90 Å². The molecule has 7 heteroatoms. The standard InChI is InChI=1S/C18H22N2O5/c1-12-18(24)20(14-4-2-3-5-15(14)25-12)11-16(21)19-8-6-13(7-9-19)10-17(22)23/h2-5,12-13H,6-11H2,1H3,(H,22,23). The van der Waals surface area contributed by atoms with Gasteiger partial charge in [0.25, 0.3) is 5.91 Å². The number of piperidine rings is 1. The number of carbonyl (C=O) groups excluding carboxylic acids is 2. The molecule has 2 aliphatic heterocycles. The molecule has 1 aromatic carbocycles. The van der Waals surface area contributed by atoms with Crippen molar-refractivity contribution in [3.05, 3.63) is 24.3 Å². The molecule has 2 amide bonds. The van der Waals surface area contributed by atoms with E-state index in [1.807, 2.05) is 6.07 Å². The largest absolute Gasteiger partial charge is 0.481 e. The molecule has 0 aromatic heterocycles. The minimum atomic E-state index is -0.797. The minimum absolute atomic E-state index is 0.0207. The van der Waals surface area contributed by atoms with Gasteiger partial charge in [-0.3, -0.25) is 19.3 Å². The van der Waals surface area contributed by atoms with Crippen LogP contribution >= 0.6 is 0 Å². The zero-order valence-electron chi connectivity index (χ0n) is 14.2. The van der Waals surface area contributed by atoms with Gasteiger partial charge in [0.05, 0.1) is 5.69 Å². The Balaban J connectivity index is 1.65. The number of carbonyl (C=O) groups is 3. The van der Waals surface area contributed by atoms with Crippen LogP contribution < -0.4 is 9.64 Å². The number of nitrogens with zero attached hydrogens (tertiary/aromatic N) is 2. The number of fused-ring (bicyclic) bond motifs is 1. The molecule has 0 spiro atoms. The van der Waals surface area contributed by atoms with E-state index >= 15 is 0 Å². The van der Waals surface area contributed by atoms with E-state index in [1.54, 1.807) is 30.0 Å². The van der Waals surface area contributed by atoms with Gasteiger partial charge in [-0.2, -0.15) is 0 Å². The van der Waals surface area contributed by atoms with E-state index in [9.17, 15) is 14.4 Å². The Labute approximate surface area is 146 Å². The Kier molecular flexibility index (Phi) is 4.92. The molecule has 7 nitrogen and oxygen atoms in total. The van der Waals surface area contributed by atoms with Crippen LogP contribution in [-0.4, -0.2) is 53.5 Å². The normalized spacial score (nSPS) is 20.8. The van der Waals surface area contributed by atoms with Crippen molar-refractivity contribution in [2.45, 2.75) is 32.3 Å². The number of likely N-dealkylation sites (tertiary alicyclic amines) is 1. The molecule has 1 atom stereocenters. The Morgan fingerprint density at radius 2 is 1.92 bits per heavy atom. The van der Waals surface area contributed by atoms with Gasteiger partial charge in [-0.25, -0.2) is 0 Å². The first-order valence-electron chi connectivity index (χ1n) is 8.52. The van der Waals surface area contributed by atoms with Crippen molar-refractivity contribution in [2.24, 2.45) is 5.92 Å². The Hall–Kier alpha value is -2.57. The van der Waals surface area contributed by atoms with Crippen LogP contribution in [0.2, 0.25) is 0 Å². The average Bonchev–Trinajstić information content (AvgIpc) is 2.59. The van der Waals surface area contributed by atoms with E-state index in [4.69, 9.17) is 9.84 Å². The number of para-hydroxylation sites is 2. The van der Waals surface area contributed by atoms with Crippen LogP contribution in [0.25, 0.3) is 0 Å². The SMILES string of the molecule is CC1Oc2ccccc2N(CC(=O)N2CCC(CC(=O)O)CC2)C1=O. The molecule has 0 saturated carbocycles. The lowest BCUT2D eigenvalue weighted by molar-refractivity contribution is -0.139. The fourth-order valence-corrected chi connectivity index (χ4v) is 3.39. The van der Waals surface area contributed by atoms with Gasteiger partial charge in [-0.15, -0.1) is 0 Å². The molecule has 2 aliphatic rings. The van der Waals surface area contributed by atoms with E-state index in [-0.39, 0.29) is 30.7 Å². The Bertz CT molecular complexity index is 682. The molecule has 1 unspecified atom stereocenters. The van der Waals surface area contributed by atoms with Crippen LogP contribution in [0, 0.1) is 5.92 Å². The summed E-state index contributed by atoms with van der Waals surface area (Å²) >= 11 is 0. The third kappa shape index (κ3) is 3.75. The third-order valence-corrected chi connectivity index (χ3v) is 4.80. The fraction of sp³-hybridized carbons (Fsp3) is 0.500. The van der Waals surface area contributed by atoms with Gasteiger partial charge in [0.15, 0.2) is 6.10 Å². The number of amides is 2. The van der Waals surface area contributed by atoms with E-state index < -0.39 is 12.1 Å². The van der Waals surface area contributed by atoms with E-state index in [2.05, 4.69) is 0 Å². The molecule has 1 saturated heterocycles. The topological polar surface area (TPSA) is 87.2 Å². The lowest BCUT2D eigenvalue weighted by atomic mass is 9.93. The highest BCUT2D eigenvalue weighted by molar-refractivity contribution is 6.03. The molecule has 25 heavy (non-hydrogen) atoms. The summed E-state index contributed by atoms with van der Waals surface area (Å²) in [6, 6.07) is 7.19. The van der Waals surface area contributed by atoms with Gasteiger partial charge in [0.2, 0.25) is 5.91 Å². The number of anilines is 1. The molecule has 1 fully saturated rings. The van der Waals surface area contributed by atoms with Crippen LogP contribution in [0.4, 0.5) is 5.69 Å². The van der Waals surface area contributed by atoms with Crippen molar-refractivity contribution < 1.29 is 24.2 Å². The summed E-state index contributed by atoms with van der Waals surface area (Å²) in [5, 5.41) is 8.87. The molecule has 0 aliphatic carbocycles. The lowest BCUT2D eigenvalue weighted by Crippen LogP contribution is -2.50. The number of aliphatic carboxylic acids is 1. The maximum absolute atomic E-state index is 12.6. The van der Waals surface area contributed by atoms with Gasteiger partial charge in [0, 0.05) is 19.5 Å². The highest BCUT2D eigenvalue weighted by Crippen LogP contribution is 2.33. The predicted octanol–water partition coefficient (Wildman–Crippen LogP) is 1.51. The van der Waals surface area contributed by atoms with Gasteiger partial charge in [-0.05, 0) is 37.8 Å². The molecule has 1 N–H and O–H groups in total. The average molecular weight is 346 g/mol. The van der Waals surface area contributed by atoms with Crippen LogP contribution in [0.5, 0.6) is 5.75 Å². The third-order valence-electron chi connectivity index (χ3n) is 4.80. The molecule has 0 bridgehead atoms. The number of carboxylic acid groups (broad SMARTS) is 1. The fourth-order valence-electron chi connectivity index (χ4n) is 3.39. The monoisotopic (exact) mass is 346 g/mol. The van der Waals surface area contributed by atoms with Crippen molar-refractivity contribution in [3.63, 3.8) is 0 Å². The molecule has 3 rings (SSSR count). The quantitative estimate of drug-likeness (QED) is 0.893. The summed E-state index contributed by atoms with van der Waals surface area (Å²) in [6.45, 7) is 2.72. The summed E-state index contributed by atoms with van der Waals surface area (Å²) in [4.78, 5) is 39.1. The summed E-state index contributed by atoms with van der Waals surface area (Å²) < 4.78 is 5.58. The van der Waals surface area contributed by atoms with Gasteiger partial charge >= 0.3 is 5.97 Å². The maximum atomic E-state index is 12.6. The van der Waals surface area contributed by atoms with Gasteiger partial charge < -0.3 is 14.7 Å². The van der Waals surface area contributed by atoms with Crippen molar-refractivity contribution in [2.75, 3.05) is 24.5 Å². The first-order chi connectivity index (χ1) is 12.0. The van der Waals surface area contributed by atoms with Crippen LogP contribution in [0.15, 0.2) is 24.3 Å². The number of ether oxygens (including phenoxy) is 1. The highest BCUT2D eigenvalue weighted by atomic mass is 16.5. The summed E-state index contributed by atoms with van der Waals surface area (Å²) in [7, 11) is 0. The molecular formula is C18H22N2O5. The number of benzene rings is 1. The summed E-state index contributed by atoms with van der Waals surface area (Å²) in [5.41, 5.74) is 0.611. The number of rotatable bonds is 4. The van der Waals surface area contributed by atoms with E-state index in [0.717, 1.165) is 0 Å². The summed E-state index contributed by atoms with van der Waals surface area (Å²) in [6.07, 6.45) is 0.892. The molecule has 134 valence electrons. The number of carboxylic acids is 1. The van der Waals surface area contributed by atoms with Crippen molar-refractivity contribution >= 4 is 23.5 Å². The van der Waals surface area contributed by atoms with Gasteiger partial charge in [-0.1, -0.05) is 12.1 Å². The van der Waals surface area contributed by atoms with E-state index in [1.165, 1.54) is 4.90 Å². The van der Waals surface area contributed by atoms with E-state index in [0.29, 0.717) is 37.4 Å². The number of hydrogen-bond acceptors (Lipinski definition) is 4. The zero-order chi connectivity index (χ0) is 18.0. The number of hydrogen-bond donors (Lipinski definition) is 1. The molecule has 0 radical (unpaired) electrons. The second-order valence-corrected chi connectivity index (χ2v) is 6.57. The first-order valence-corrected chi connectivity index (χ1v) is 8.52. The zero-order valence-corrected chi connectivity index (χ0v) is 14.2. The maximum Gasteiger partial charge on any atom is 0.303 e. The second kappa shape index (κ2) is 7.13. The summed E-state index contributed by atoms with van der Waals surface area (Å²) in [5.74, 6) is -0.428. The second-order valence-electron chi connectivity index (χ2n) is 6.57. The molecule has 1 aromatic rings. The molecular weight excluding hydrogens is 324 g/mol. The first kappa shape index (κ1) is 17.3. The van der Waals surface area contributed by atoms with Crippen molar-refractivity contribution in [3.8, 4) is 5.75 Å². The highest BCUT2D eigenvalue weighted by Gasteiger charge is 2.34. The van der Waals surface area contributed by atoms with Crippen molar-refractivity contribution in [1.29, 1.82) is 0 Å². The predicted molar refractivity (Wildman–Crippen MR) is 90.4 cm³/mol. The Morgan fingerprint density at radius 3 is 2.60 bits per heavy atom. The van der Waals surface area contributed by atoms with Crippen LogP contribution in [0.1, 0.15) is 26.2 Å². The van der Waals surface area contributed by atoms with Crippen LogP contribution in [0.3, 0.4) is 0 Å². The molecule has 2 heterocycles. The minimum Gasteiger partial charge on any atom is -0.481 e. The Morgan fingerprint density at radius 1 is 1.24 bits per heavy atom. The van der Waals surface area contributed by atoms with Gasteiger partial charge in [0.1, 0.15) is 12.3 Å². The lowest BCUT2D eigenvalue weighted by Gasteiger charge is -2.36.